The highest BCUT2D eigenvalue weighted by atomic mass is 35.5. The lowest BCUT2D eigenvalue weighted by Gasteiger charge is -2.26. The molecule has 3 nitrogen and oxygen atoms in total. The molecule has 1 saturated heterocycles. The zero-order chi connectivity index (χ0) is 11.2. The van der Waals surface area contributed by atoms with Crippen molar-refractivity contribution in [2.24, 2.45) is 0 Å². The Morgan fingerprint density at radius 2 is 1.82 bits per heavy atom. The molecule has 17 heavy (non-hydrogen) atoms. The molecule has 0 saturated carbocycles. The molecule has 0 atom stereocenters. The summed E-state index contributed by atoms with van der Waals surface area (Å²) in [5.41, 5.74) is 1.06. The van der Waals surface area contributed by atoms with Crippen LogP contribution in [0.15, 0.2) is 36.4 Å². The summed E-state index contributed by atoms with van der Waals surface area (Å²) in [5.74, 6) is 0.102. The van der Waals surface area contributed by atoms with Crippen LogP contribution in [0.1, 0.15) is 5.56 Å². The van der Waals surface area contributed by atoms with Crippen molar-refractivity contribution >= 4 is 24.4 Å². The number of rotatable bonds is 2. The number of nitrogens with one attached hydrogen (secondary N) is 1. The standard InChI is InChI=1S/C13H16N2O.ClH/c16-13(15-10-8-14-9-11-15)7-6-12-4-2-1-3-5-12;/h1-7,14H,8-11H2;1H. The summed E-state index contributed by atoms with van der Waals surface area (Å²) < 4.78 is 0. The molecule has 0 spiro atoms. The smallest absolute Gasteiger partial charge is 0.246 e. The van der Waals surface area contributed by atoms with Crippen molar-refractivity contribution in [3.8, 4) is 0 Å². The van der Waals surface area contributed by atoms with Gasteiger partial charge in [0.25, 0.3) is 0 Å². The number of carbonyl (C=O) groups is 1. The molecule has 2 rings (SSSR count). The van der Waals surface area contributed by atoms with Crippen LogP contribution < -0.4 is 5.32 Å². The Hall–Kier alpha value is -1.32. The van der Waals surface area contributed by atoms with Crippen LogP contribution in [0.25, 0.3) is 6.08 Å². The molecular formula is C13H17ClN2O. The monoisotopic (exact) mass is 252 g/mol. The Morgan fingerprint density at radius 1 is 1.18 bits per heavy atom. The fourth-order valence-electron chi connectivity index (χ4n) is 1.72. The quantitative estimate of drug-likeness (QED) is 0.811. The fourth-order valence-corrected chi connectivity index (χ4v) is 1.72. The molecule has 1 fully saturated rings. The summed E-state index contributed by atoms with van der Waals surface area (Å²) in [5, 5.41) is 3.23. The van der Waals surface area contributed by atoms with Gasteiger partial charge < -0.3 is 10.2 Å². The van der Waals surface area contributed by atoms with Crippen LogP contribution in [-0.2, 0) is 4.79 Å². The van der Waals surface area contributed by atoms with Crippen molar-refractivity contribution in [2.45, 2.75) is 0 Å². The van der Waals surface area contributed by atoms with Gasteiger partial charge in [0, 0.05) is 32.3 Å². The summed E-state index contributed by atoms with van der Waals surface area (Å²) in [6, 6.07) is 9.88. The number of amides is 1. The van der Waals surface area contributed by atoms with E-state index in [4.69, 9.17) is 0 Å². The Bertz CT molecular complexity index is 372. The van der Waals surface area contributed by atoms with Crippen LogP contribution in [0.2, 0.25) is 0 Å². The SMILES string of the molecule is Cl.O=C(C=Cc1ccccc1)N1CCNCC1. The van der Waals surface area contributed by atoms with Crippen molar-refractivity contribution in [3.05, 3.63) is 42.0 Å². The van der Waals surface area contributed by atoms with Gasteiger partial charge >= 0.3 is 0 Å². The maximum Gasteiger partial charge on any atom is 0.246 e. The molecule has 1 amide bonds. The first-order valence-corrected chi connectivity index (χ1v) is 5.59. The lowest BCUT2D eigenvalue weighted by Crippen LogP contribution is -2.45. The molecule has 0 bridgehead atoms. The van der Waals surface area contributed by atoms with Crippen LogP contribution in [-0.4, -0.2) is 37.0 Å². The molecule has 1 aliphatic rings. The fraction of sp³-hybridized carbons (Fsp3) is 0.308. The number of piperazine rings is 1. The highest BCUT2D eigenvalue weighted by molar-refractivity contribution is 5.91. The summed E-state index contributed by atoms with van der Waals surface area (Å²) >= 11 is 0. The van der Waals surface area contributed by atoms with Gasteiger partial charge in [-0.15, -0.1) is 12.4 Å². The molecule has 1 aliphatic heterocycles. The lowest BCUT2D eigenvalue weighted by atomic mass is 10.2. The van der Waals surface area contributed by atoms with Gasteiger partial charge in [0.05, 0.1) is 0 Å². The first-order valence-electron chi connectivity index (χ1n) is 5.59. The van der Waals surface area contributed by atoms with E-state index in [0.717, 1.165) is 31.7 Å². The molecular weight excluding hydrogens is 236 g/mol. The van der Waals surface area contributed by atoms with Gasteiger partial charge in [-0.1, -0.05) is 30.3 Å². The van der Waals surface area contributed by atoms with Crippen molar-refractivity contribution in [1.29, 1.82) is 0 Å². The van der Waals surface area contributed by atoms with Gasteiger partial charge in [0.15, 0.2) is 0 Å². The summed E-state index contributed by atoms with van der Waals surface area (Å²) in [6.45, 7) is 3.39. The van der Waals surface area contributed by atoms with Crippen LogP contribution in [0.4, 0.5) is 0 Å². The molecule has 92 valence electrons. The third-order valence-corrected chi connectivity index (χ3v) is 2.65. The Kier molecular flexibility index (Phi) is 5.73. The maximum atomic E-state index is 11.8. The van der Waals surface area contributed by atoms with E-state index in [-0.39, 0.29) is 18.3 Å². The average Bonchev–Trinajstić information content (AvgIpc) is 2.38. The second-order valence-corrected chi connectivity index (χ2v) is 3.82. The Balaban J connectivity index is 0.00000144. The van der Waals surface area contributed by atoms with E-state index in [0.29, 0.717) is 0 Å². The summed E-state index contributed by atoms with van der Waals surface area (Å²) in [7, 11) is 0. The zero-order valence-corrected chi connectivity index (χ0v) is 10.5. The Labute approximate surface area is 108 Å². The maximum absolute atomic E-state index is 11.8. The third kappa shape index (κ3) is 4.21. The lowest BCUT2D eigenvalue weighted by molar-refractivity contribution is -0.126. The van der Waals surface area contributed by atoms with Gasteiger partial charge in [-0.25, -0.2) is 0 Å². The van der Waals surface area contributed by atoms with E-state index < -0.39 is 0 Å². The van der Waals surface area contributed by atoms with E-state index >= 15 is 0 Å². The second-order valence-electron chi connectivity index (χ2n) is 3.82. The van der Waals surface area contributed by atoms with E-state index in [2.05, 4.69) is 5.32 Å². The number of carbonyl (C=O) groups excluding carboxylic acids is 1. The van der Waals surface area contributed by atoms with Gasteiger partial charge in [-0.3, -0.25) is 4.79 Å². The normalized spacial score (nSPS) is 15.6. The van der Waals surface area contributed by atoms with Gasteiger partial charge in [-0.2, -0.15) is 0 Å². The van der Waals surface area contributed by atoms with E-state index in [1.54, 1.807) is 6.08 Å². The summed E-state index contributed by atoms with van der Waals surface area (Å²) in [4.78, 5) is 13.7. The van der Waals surface area contributed by atoms with Gasteiger partial charge in [-0.05, 0) is 11.6 Å². The van der Waals surface area contributed by atoms with Gasteiger partial charge in [0.2, 0.25) is 5.91 Å². The van der Waals surface area contributed by atoms with Crippen LogP contribution >= 0.6 is 12.4 Å². The molecule has 1 aromatic rings. The number of benzene rings is 1. The first-order chi connectivity index (χ1) is 7.86. The number of hydrogen-bond acceptors (Lipinski definition) is 2. The van der Waals surface area contributed by atoms with Crippen LogP contribution in [0.5, 0.6) is 0 Å². The van der Waals surface area contributed by atoms with Crippen LogP contribution in [0, 0.1) is 0 Å². The molecule has 0 aromatic heterocycles. The molecule has 0 radical (unpaired) electrons. The highest BCUT2D eigenvalue weighted by Crippen LogP contribution is 2.02. The first kappa shape index (κ1) is 13.7. The largest absolute Gasteiger partial charge is 0.337 e. The summed E-state index contributed by atoms with van der Waals surface area (Å²) in [6.07, 6.45) is 3.52. The third-order valence-electron chi connectivity index (χ3n) is 2.65. The second kappa shape index (κ2) is 7.09. The molecule has 0 unspecified atom stereocenters. The van der Waals surface area contributed by atoms with E-state index in [1.165, 1.54) is 0 Å². The predicted molar refractivity (Wildman–Crippen MR) is 72.2 cm³/mol. The Morgan fingerprint density at radius 3 is 2.47 bits per heavy atom. The van der Waals surface area contributed by atoms with Crippen LogP contribution in [0.3, 0.4) is 0 Å². The van der Waals surface area contributed by atoms with Crippen molar-refractivity contribution < 1.29 is 4.79 Å². The van der Waals surface area contributed by atoms with Crippen molar-refractivity contribution in [1.82, 2.24) is 10.2 Å². The predicted octanol–water partition coefficient (Wildman–Crippen LogP) is 1.55. The molecule has 4 heteroatoms. The number of hydrogen-bond donors (Lipinski definition) is 1. The molecule has 1 aromatic carbocycles. The van der Waals surface area contributed by atoms with E-state index in [1.807, 2.05) is 41.3 Å². The van der Waals surface area contributed by atoms with Crippen molar-refractivity contribution in [2.75, 3.05) is 26.2 Å². The highest BCUT2D eigenvalue weighted by Gasteiger charge is 2.12. The number of halogens is 1. The topological polar surface area (TPSA) is 32.3 Å². The molecule has 0 aliphatic carbocycles. The zero-order valence-electron chi connectivity index (χ0n) is 9.63. The molecule has 1 heterocycles. The minimum absolute atomic E-state index is 0. The van der Waals surface area contributed by atoms with E-state index in [9.17, 15) is 4.79 Å². The molecule has 1 N–H and O–H groups in total. The average molecular weight is 253 g/mol. The minimum Gasteiger partial charge on any atom is -0.337 e. The van der Waals surface area contributed by atoms with Crippen molar-refractivity contribution in [3.63, 3.8) is 0 Å². The number of nitrogens with zero attached hydrogens (tertiary/aromatic N) is 1. The minimum atomic E-state index is 0. The van der Waals surface area contributed by atoms with Gasteiger partial charge in [0.1, 0.15) is 0 Å².